The van der Waals surface area contributed by atoms with Crippen molar-refractivity contribution in [3.05, 3.63) is 26.8 Å². The van der Waals surface area contributed by atoms with E-state index in [9.17, 15) is 0 Å². The summed E-state index contributed by atoms with van der Waals surface area (Å²) >= 11 is 2.23. The molecule has 0 aromatic carbocycles. The molecule has 0 aliphatic rings. The Morgan fingerprint density at radius 2 is 1.94 bits per heavy atom. The van der Waals surface area contributed by atoms with E-state index in [2.05, 4.69) is 51.5 Å². The number of nitrogens with zero attached hydrogens (tertiary/aromatic N) is 4. The van der Waals surface area contributed by atoms with E-state index >= 15 is 0 Å². The molecule has 2 rings (SSSR count). The van der Waals surface area contributed by atoms with Crippen LogP contribution >= 0.6 is 22.6 Å². The molecule has 2 N–H and O–H groups in total. The van der Waals surface area contributed by atoms with Crippen LogP contribution in [0.15, 0.2) is 6.07 Å². The molecule has 0 saturated carbocycles. The van der Waals surface area contributed by atoms with Crippen molar-refractivity contribution in [2.45, 2.75) is 33.6 Å². The van der Waals surface area contributed by atoms with Gasteiger partial charge in [0.1, 0.15) is 11.6 Å². The number of aryl methyl sites for hydroxylation is 2. The van der Waals surface area contributed by atoms with Crippen molar-refractivity contribution in [2.24, 2.45) is 0 Å². The van der Waals surface area contributed by atoms with Gasteiger partial charge in [0.2, 0.25) is 0 Å². The van der Waals surface area contributed by atoms with Gasteiger partial charge in [-0.05, 0) is 42.4 Å². The molecular weight excluding hydrogens is 341 g/mol. The highest BCUT2D eigenvalue weighted by Gasteiger charge is 2.17. The molecule has 0 radical (unpaired) electrons. The molecule has 18 heavy (non-hydrogen) atoms. The van der Waals surface area contributed by atoms with E-state index in [4.69, 9.17) is 5.73 Å². The quantitative estimate of drug-likeness (QED) is 0.839. The molecule has 96 valence electrons. The Balaban J connectivity index is 2.60. The van der Waals surface area contributed by atoms with Crippen LogP contribution in [0, 0.1) is 17.4 Å². The van der Waals surface area contributed by atoms with Gasteiger partial charge in [-0.2, -0.15) is 9.78 Å². The number of anilines is 1. The average molecular weight is 357 g/mol. The summed E-state index contributed by atoms with van der Waals surface area (Å²) in [6.45, 7) is 8.01. The van der Waals surface area contributed by atoms with Crippen molar-refractivity contribution < 1.29 is 0 Å². The molecule has 6 heteroatoms. The van der Waals surface area contributed by atoms with Crippen molar-refractivity contribution in [2.75, 3.05) is 5.73 Å². The van der Waals surface area contributed by atoms with Crippen molar-refractivity contribution in [3.63, 3.8) is 0 Å². The predicted molar refractivity (Wildman–Crippen MR) is 79.8 cm³/mol. The Morgan fingerprint density at radius 3 is 2.44 bits per heavy atom. The van der Waals surface area contributed by atoms with E-state index in [-0.39, 0.29) is 0 Å². The van der Waals surface area contributed by atoms with Gasteiger partial charge in [-0.15, -0.1) is 0 Å². The van der Waals surface area contributed by atoms with Gasteiger partial charge in [0.05, 0.1) is 9.26 Å². The van der Waals surface area contributed by atoms with Crippen molar-refractivity contribution in [1.82, 2.24) is 19.7 Å². The summed E-state index contributed by atoms with van der Waals surface area (Å²) in [6.07, 6.45) is 0. The molecule has 0 amide bonds. The molecule has 0 aliphatic heterocycles. The molecule has 0 bridgehead atoms. The number of hydrogen-bond donors (Lipinski definition) is 1. The lowest BCUT2D eigenvalue weighted by Crippen LogP contribution is -2.07. The van der Waals surface area contributed by atoms with Gasteiger partial charge in [-0.1, -0.05) is 13.8 Å². The molecule has 0 spiro atoms. The lowest BCUT2D eigenvalue weighted by atomic mass is 10.1. The van der Waals surface area contributed by atoms with Crippen molar-refractivity contribution >= 4 is 28.4 Å². The predicted octanol–water partition coefficient (Wildman–Crippen LogP) is 2.59. The van der Waals surface area contributed by atoms with Crippen LogP contribution in [0.3, 0.4) is 0 Å². The molecule has 0 aliphatic carbocycles. The Morgan fingerprint density at radius 1 is 1.28 bits per heavy atom. The fourth-order valence-corrected chi connectivity index (χ4v) is 2.74. The molecule has 0 saturated heterocycles. The first-order chi connectivity index (χ1) is 8.40. The third kappa shape index (κ3) is 2.33. The van der Waals surface area contributed by atoms with E-state index < -0.39 is 0 Å². The van der Waals surface area contributed by atoms with Crippen molar-refractivity contribution in [3.8, 4) is 5.82 Å². The minimum Gasteiger partial charge on any atom is -0.383 e. The summed E-state index contributed by atoms with van der Waals surface area (Å²) in [7, 11) is 0. The first-order valence-electron chi connectivity index (χ1n) is 5.76. The molecular formula is C12H16IN5. The van der Waals surface area contributed by atoms with Crippen LogP contribution in [0.25, 0.3) is 5.82 Å². The average Bonchev–Trinajstić information content (AvgIpc) is 2.55. The van der Waals surface area contributed by atoms with Crippen LogP contribution in [0.4, 0.5) is 5.82 Å². The van der Waals surface area contributed by atoms with E-state index in [1.165, 1.54) is 0 Å². The summed E-state index contributed by atoms with van der Waals surface area (Å²) in [5.74, 6) is 2.42. The second-order valence-electron chi connectivity index (χ2n) is 4.57. The monoisotopic (exact) mass is 357 g/mol. The summed E-state index contributed by atoms with van der Waals surface area (Å²) in [6, 6.07) is 1.89. The molecule has 2 heterocycles. The summed E-state index contributed by atoms with van der Waals surface area (Å²) < 4.78 is 2.69. The summed E-state index contributed by atoms with van der Waals surface area (Å²) in [5.41, 5.74) is 8.02. The van der Waals surface area contributed by atoms with Crippen molar-refractivity contribution in [1.29, 1.82) is 0 Å². The summed E-state index contributed by atoms with van der Waals surface area (Å²) in [5, 5.41) is 4.56. The van der Waals surface area contributed by atoms with Gasteiger partial charge in [0.15, 0.2) is 5.82 Å². The summed E-state index contributed by atoms with van der Waals surface area (Å²) in [4.78, 5) is 8.64. The van der Waals surface area contributed by atoms with Crippen LogP contribution < -0.4 is 5.73 Å². The van der Waals surface area contributed by atoms with Crippen LogP contribution in [0.2, 0.25) is 0 Å². The van der Waals surface area contributed by atoms with E-state index in [1.54, 1.807) is 4.68 Å². The third-order valence-corrected chi connectivity index (χ3v) is 3.71. The van der Waals surface area contributed by atoms with E-state index in [0.717, 1.165) is 26.6 Å². The molecule has 0 fully saturated rings. The van der Waals surface area contributed by atoms with Gasteiger partial charge in [0, 0.05) is 11.8 Å². The molecule has 5 nitrogen and oxygen atoms in total. The maximum atomic E-state index is 6.11. The molecule has 2 aromatic rings. The fourth-order valence-electron chi connectivity index (χ4n) is 1.78. The van der Waals surface area contributed by atoms with Crippen LogP contribution in [-0.2, 0) is 0 Å². The molecule has 2 aromatic heterocycles. The van der Waals surface area contributed by atoms with Crippen LogP contribution in [-0.4, -0.2) is 19.7 Å². The maximum absolute atomic E-state index is 6.11. The number of nitrogen functional groups attached to an aromatic ring is 1. The molecule has 0 atom stereocenters. The fraction of sp³-hybridized carbons (Fsp3) is 0.417. The zero-order chi connectivity index (χ0) is 13.4. The van der Waals surface area contributed by atoms with Crippen LogP contribution in [0.5, 0.6) is 0 Å². The highest BCUT2D eigenvalue weighted by atomic mass is 127. The number of aromatic nitrogens is 4. The highest BCUT2D eigenvalue weighted by Crippen LogP contribution is 2.27. The molecule has 0 unspecified atom stereocenters. The van der Waals surface area contributed by atoms with E-state index in [1.807, 2.05) is 19.9 Å². The normalized spacial score (nSPS) is 11.2. The second kappa shape index (κ2) is 4.83. The van der Waals surface area contributed by atoms with E-state index in [0.29, 0.717) is 11.7 Å². The highest BCUT2D eigenvalue weighted by molar-refractivity contribution is 14.1. The Bertz CT molecular complexity index is 568. The topological polar surface area (TPSA) is 69.6 Å². The number of halogens is 1. The number of hydrogen-bond acceptors (Lipinski definition) is 4. The maximum Gasteiger partial charge on any atom is 0.159 e. The number of rotatable bonds is 2. The minimum atomic E-state index is 0.337. The van der Waals surface area contributed by atoms with Gasteiger partial charge in [-0.25, -0.2) is 9.97 Å². The van der Waals surface area contributed by atoms with Gasteiger partial charge in [0.25, 0.3) is 0 Å². The smallest absolute Gasteiger partial charge is 0.159 e. The van der Waals surface area contributed by atoms with Gasteiger partial charge >= 0.3 is 0 Å². The van der Waals surface area contributed by atoms with Gasteiger partial charge in [-0.3, -0.25) is 0 Å². The lowest BCUT2D eigenvalue weighted by molar-refractivity contribution is 0.753. The third-order valence-electron chi connectivity index (χ3n) is 2.60. The number of nitrogens with two attached hydrogens (primary N) is 1. The Kier molecular flexibility index (Phi) is 3.56. The zero-order valence-corrected chi connectivity index (χ0v) is 13.1. The zero-order valence-electron chi connectivity index (χ0n) is 10.9. The lowest BCUT2D eigenvalue weighted by Gasteiger charge is -2.05. The Labute approximate surface area is 120 Å². The Hall–Kier alpha value is -1.18. The standard InChI is InChI=1S/C12H16IN5/c1-6(2)11-10(13)12(14)18(17-11)9-5-7(3)15-8(4)16-9/h5-6H,14H2,1-4H3. The second-order valence-corrected chi connectivity index (χ2v) is 5.64. The minimum absolute atomic E-state index is 0.337. The SMILES string of the molecule is Cc1cc(-n2nc(C(C)C)c(I)c2N)nc(C)n1. The first-order valence-corrected chi connectivity index (χ1v) is 6.84. The van der Waals surface area contributed by atoms with Crippen LogP contribution in [0.1, 0.15) is 37.0 Å². The first kappa shape index (κ1) is 13.3. The largest absolute Gasteiger partial charge is 0.383 e. The van der Waals surface area contributed by atoms with Gasteiger partial charge < -0.3 is 5.73 Å².